The fraction of sp³-hybridized carbons (Fsp3) is 0.100. The maximum atomic E-state index is 11.9. The molecule has 0 atom stereocenters. The molecule has 3 aromatic rings. The van der Waals surface area contributed by atoms with Crippen LogP contribution >= 0.6 is 0 Å². The van der Waals surface area contributed by atoms with Gasteiger partial charge in [0.1, 0.15) is 5.82 Å². The number of anilines is 4. The van der Waals surface area contributed by atoms with E-state index in [-0.39, 0.29) is 0 Å². The van der Waals surface area contributed by atoms with E-state index in [0.717, 1.165) is 11.4 Å². The molecule has 134 valence electrons. The van der Waals surface area contributed by atoms with Crippen LogP contribution in [-0.4, -0.2) is 23.0 Å². The van der Waals surface area contributed by atoms with Gasteiger partial charge < -0.3 is 15.4 Å². The molecule has 0 fully saturated rings. The largest absolute Gasteiger partial charge is 0.465 e. The van der Waals surface area contributed by atoms with Crippen LogP contribution in [0.2, 0.25) is 0 Å². The zero-order valence-electron chi connectivity index (χ0n) is 14.9. The Morgan fingerprint density at radius 2 is 1.89 bits per heavy atom. The molecule has 0 bridgehead atoms. The Kier molecular flexibility index (Phi) is 5.28. The summed E-state index contributed by atoms with van der Waals surface area (Å²) in [6.45, 7) is 1.84. The Morgan fingerprint density at radius 1 is 1.07 bits per heavy atom. The third-order valence-corrected chi connectivity index (χ3v) is 3.70. The summed E-state index contributed by atoms with van der Waals surface area (Å²) in [6, 6.07) is 18.0. The van der Waals surface area contributed by atoms with Gasteiger partial charge in [-0.2, -0.15) is 10.2 Å². The van der Waals surface area contributed by atoms with Gasteiger partial charge in [-0.1, -0.05) is 18.2 Å². The van der Waals surface area contributed by atoms with Crippen molar-refractivity contribution in [1.29, 1.82) is 5.26 Å². The summed E-state index contributed by atoms with van der Waals surface area (Å²) in [5.74, 6) is 0.457. The van der Waals surface area contributed by atoms with Gasteiger partial charge >= 0.3 is 5.97 Å². The number of ether oxygens (including phenoxy) is 1. The normalized spacial score (nSPS) is 9.96. The quantitative estimate of drug-likeness (QED) is 0.666. The van der Waals surface area contributed by atoms with Gasteiger partial charge in [0.2, 0.25) is 5.95 Å². The van der Waals surface area contributed by atoms with Gasteiger partial charge in [0, 0.05) is 17.4 Å². The summed E-state index contributed by atoms with van der Waals surface area (Å²) >= 11 is 0. The number of nitrogens with one attached hydrogen (secondary N) is 2. The van der Waals surface area contributed by atoms with Gasteiger partial charge in [-0.25, -0.2) is 9.78 Å². The minimum absolute atomic E-state index is 0.338. The van der Waals surface area contributed by atoms with Crippen molar-refractivity contribution in [2.24, 2.45) is 0 Å². The van der Waals surface area contributed by atoms with Crippen LogP contribution in [0.5, 0.6) is 0 Å². The summed E-state index contributed by atoms with van der Waals surface area (Å²) in [5, 5.41) is 15.2. The van der Waals surface area contributed by atoms with Crippen molar-refractivity contribution >= 4 is 29.1 Å². The number of benzene rings is 2. The summed E-state index contributed by atoms with van der Waals surface area (Å²) in [6.07, 6.45) is 0. The van der Waals surface area contributed by atoms with Gasteiger partial charge in [-0.05, 0) is 37.3 Å². The van der Waals surface area contributed by atoms with Crippen molar-refractivity contribution in [3.63, 3.8) is 0 Å². The number of esters is 1. The number of hydrogen-bond acceptors (Lipinski definition) is 7. The lowest BCUT2D eigenvalue weighted by Crippen LogP contribution is -2.08. The molecule has 0 amide bonds. The summed E-state index contributed by atoms with van der Waals surface area (Å²) in [5.41, 5.74) is 2.97. The van der Waals surface area contributed by atoms with Crippen molar-refractivity contribution < 1.29 is 9.53 Å². The molecule has 2 N–H and O–H groups in total. The molecule has 3 rings (SSSR count). The van der Waals surface area contributed by atoms with Gasteiger partial charge in [-0.3, -0.25) is 0 Å². The second kappa shape index (κ2) is 7.97. The van der Waals surface area contributed by atoms with Crippen molar-refractivity contribution in [2.75, 3.05) is 17.7 Å². The molecular weight excluding hydrogens is 342 g/mol. The number of methoxy groups -OCH3 is 1. The number of nitrogens with zero attached hydrogens (tertiary/aromatic N) is 3. The van der Waals surface area contributed by atoms with Crippen LogP contribution in [0.25, 0.3) is 0 Å². The minimum Gasteiger partial charge on any atom is -0.465 e. The van der Waals surface area contributed by atoms with Crippen LogP contribution in [0, 0.1) is 18.3 Å². The van der Waals surface area contributed by atoms with E-state index in [4.69, 9.17) is 10.00 Å². The summed E-state index contributed by atoms with van der Waals surface area (Å²) in [7, 11) is 1.33. The first-order chi connectivity index (χ1) is 13.1. The predicted octanol–water partition coefficient (Wildman–Crippen LogP) is 3.93. The number of nitriles is 1. The Labute approximate surface area is 156 Å². The van der Waals surface area contributed by atoms with Crippen LogP contribution in [0.4, 0.5) is 23.1 Å². The van der Waals surface area contributed by atoms with Gasteiger partial charge in [0.25, 0.3) is 0 Å². The zero-order valence-corrected chi connectivity index (χ0v) is 14.9. The second-order valence-electron chi connectivity index (χ2n) is 5.70. The molecule has 0 aliphatic carbocycles. The van der Waals surface area contributed by atoms with E-state index in [1.807, 2.05) is 13.0 Å². The molecule has 0 unspecified atom stereocenters. The van der Waals surface area contributed by atoms with Crippen LogP contribution in [-0.2, 0) is 4.74 Å². The van der Waals surface area contributed by atoms with E-state index in [1.54, 1.807) is 48.5 Å². The van der Waals surface area contributed by atoms with Crippen molar-refractivity contribution in [3.05, 3.63) is 71.4 Å². The molecule has 0 aliphatic heterocycles. The van der Waals surface area contributed by atoms with Gasteiger partial charge in [0.05, 0.1) is 30.0 Å². The molecule has 27 heavy (non-hydrogen) atoms. The number of carbonyl (C=O) groups excluding carboxylic acids is 1. The molecule has 0 saturated heterocycles. The third-order valence-electron chi connectivity index (χ3n) is 3.70. The van der Waals surface area contributed by atoms with E-state index < -0.39 is 5.97 Å². The molecular formula is C20H17N5O2. The van der Waals surface area contributed by atoms with E-state index in [2.05, 4.69) is 26.7 Å². The van der Waals surface area contributed by atoms with Crippen LogP contribution in [0.1, 0.15) is 21.6 Å². The fourth-order valence-electron chi connectivity index (χ4n) is 2.50. The van der Waals surface area contributed by atoms with Crippen LogP contribution in [0.3, 0.4) is 0 Å². The van der Waals surface area contributed by atoms with E-state index >= 15 is 0 Å². The standard InChI is InChI=1S/C20H17N5O2/c1-13-10-18(23-15-7-5-6-14(11-15)12-21)25-20(22-13)24-17-9-4-3-8-16(17)19(26)27-2/h3-11H,1-2H3,(H2,22,23,24,25). The average Bonchev–Trinajstić information content (AvgIpc) is 2.67. The van der Waals surface area contributed by atoms with E-state index in [9.17, 15) is 4.79 Å². The Morgan fingerprint density at radius 3 is 2.67 bits per heavy atom. The minimum atomic E-state index is -0.447. The van der Waals surface area contributed by atoms with Gasteiger partial charge in [-0.15, -0.1) is 0 Å². The van der Waals surface area contributed by atoms with E-state index in [0.29, 0.717) is 28.6 Å². The number of para-hydroxylation sites is 1. The number of hydrogen-bond donors (Lipinski definition) is 2. The molecule has 0 aliphatic rings. The van der Waals surface area contributed by atoms with Crippen LogP contribution in [0.15, 0.2) is 54.6 Å². The summed E-state index contributed by atoms with van der Waals surface area (Å²) in [4.78, 5) is 20.7. The lowest BCUT2D eigenvalue weighted by Gasteiger charge is -2.12. The Balaban J connectivity index is 1.88. The second-order valence-corrected chi connectivity index (χ2v) is 5.70. The number of aromatic nitrogens is 2. The Hall–Kier alpha value is -3.92. The third kappa shape index (κ3) is 4.38. The first-order valence-electron chi connectivity index (χ1n) is 8.16. The monoisotopic (exact) mass is 359 g/mol. The average molecular weight is 359 g/mol. The topological polar surface area (TPSA) is 99.9 Å². The maximum Gasteiger partial charge on any atom is 0.339 e. The van der Waals surface area contributed by atoms with Crippen molar-refractivity contribution in [3.8, 4) is 6.07 Å². The molecule has 1 heterocycles. The highest BCUT2D eigenvalue weighted by Gasteiger charge is 2.12. The highest BCUT2D eigenvalue weighted by atomic mass is 16.5. The first kappa shape index (κ1) is 17.9. The van der Waals surface area contributed by atoms with E-state index in [1.165, 1.54) is 7.11 Å². The predicted molar refractivity (Wildman–Crippen MR) is 102 cm³/mol. The van der Waals surface area contributed by atoms with Crippen molar-refractivity contribution in [1.82, 2.24) is 9.97 Å². The van der Waals surface area contributed by atoms with Crippen LogP contribution < -0.4 is 10.6 Å². The number of aryl methyl sites for hydroxylation is 1. The Bertz CT molecular complexity index is 1030. The lowest BCUT2D eigenvalue weighted by atomic mass is 10.2. The molecule has 0 spiro atoms. The smallest absolute Gasteiger partial charge is 0.339 e. The highest BCUT2D eigenvalue weighted by molar-refractivity contribution is 5.96. The molecule has 7 heteroatoms. The van der Waals surface area contributed by atoms with Gasteiger partial charge in [0.15, 0.2) is 0 Å². The number of carbonyl (C=O) groups is 1. The molecule has 0 radical (unpaired) electrons. The summed E-state index contributed by atoms with van der Waals surface area (Å²) < 4.78 is 4.80. The molecule has 1 aromatic heterocycles. The molecule has 7 nitrogen and oxygen atoms in total. The molecule has 2 aromatic carbocycles. The van der Waals surface area contributed by atoms with Crippen molar-refractivity contribution in [2.45, 2.75) is 6.92 Å². The maximum absolute atomic E-state index is 11.9. The zero-order chi connectivity index (χ0) is 19.2. The molecule has 0 saturated carbocycles. The SMILES string of the molecule is COC(=O)c1ccccc1Nc1nc(C)cc(Nc2cccc(C#N)c2)n1. The lowest BCUT2D eigenvalue weighted by molar-refractivity contribution is 0.0602. The fourth-order valence-corrected chi connectivity index (χ4v) is 2.50. The highest BCUT2D eigenvalue weighted by Crippen LogP contribution is 2.22. The first-order valence-corrected chi connectivity index (χ1v) is 8.16. The number of rotatable bonds is 5.